The highest BCUT2D eigenvalue weighted by Crippen LogP contribution is 2.16. The van der Waals surface area contributed by atoms with Crippen LogP contribution in [0.1, 0.15) is 28.4 Å². The molecule has 0 amide bonds. The van der Waals surface area contributed by atoms with Crippen molar-refractivity contribution in [3.63, 3.8) is 0 Å². The van der Waals surface area contributed by atoms with Gasteiger partial charge in [-0.3, -0.25) is 14.6 Å². The molecule has 0 saturated carbocycles. The van der Waals surface area contributed by atoms with Crippen LogP contribution in [-0.2, 0) is 13.1 Å². The summed E-state index contributed by atoms with van der Waals surface area (Å²) in [5.41, 5.74) is 4.02. The normalized spacial score (nSPS) is 15.7. The van der Waals surface area contributed by atoms with E-state index in [1.54, 1.807) is 21.5 Å². The van der Waals surface area contributed by atoms with Gasteiger partial charge in [0.2, 0.25) is 0 Å². The Kier molecular flexibility index (Phi) is 5.83. The molecule has 160 valence electrons. The first-order chi connectivity index (χ1) is 14.4. The summed E-state index contributed by atoms with van der Waals surface area (Å²) in [6, 6.07) is 5.30. The molecule has 0 radical (unpaired) electrons. The van der Waals surface area contributed by atoms with Gasteiger partial charge in [-0.1, -0.05) is 5.16 Å². The van der Waals surface area contributed by atoms with Crippen LogP contribution >= 0.6 is 0 Å². The average Bonchev–Trinajstić information content (AvgIpc) is 3.23. The number of hydrogen-bond acceptors (Lipinski definition) is 7. The fourth-order valence-corrected chi connectivity index (χ4v) is 3.93. The Bertz CT molecular complexity index is 1050. The van der Waals surface area contributed by atoms with E-state index in [-0.39, 0.29) is 5.56 Å². The fraction of sp³-hybridized carbons (Fsp3) is 0.524. The highest BCUT2D eigenvalue weighted by molar-refractivity contribution is 5.24. The minimum absolute atomic E-state index is 0.0858. The lowest BCUT2D eigenvalue weighted by molar-refractivity contribution is 0.122. The molecular formula is C21H29N7O2. The second-order valence-electron chi connectivity index (χ2n) is 8.01. The summed E-state index contributed by atoms with van der Waals surface area (Å²) in [4.78, 5) is 17.1. The lowest BCUT2D eigenvalue weighted by Crippen LogP contribution is -2.47. The number of hydrogen-bond donors (Lipinski definition) is 0. The molecule has 0 aliphatic carbocycles. The van der Waals surface area contributed by atoms with Crippen molar-refractivity contribution in [2.24, 2.45) is 0 Å². The van der Waals surface area contributed by atoms with Gasteiger partial charge >= 0.3 is 0 Å². The molecule has 4 heterocycles. The highest BCUT2D eigenvalue weighted by atomic mass is 16.5. The number of rotatable bonds is 6. The van der Waals surface area contributed by atoms with Gasteiger partial charge in [0.1, 0.15) is 5.76 Å². The van der Waals surface area contributed by atoms with Crippen molar-refractivity contribution < 1.29 is 4.52 Å². The third kappa shape index (κ3) is 4.36. The van der Waals surface area contributed by atoms with Crippen LogP contribution in [0.4, 0.5) is 0 Å². The van der Waals surface area contributed by atoms with Crippen LogP contribution in [0.25, 0.3) is 5.82 Å². The monoisotopic (exact) mass is 411 g/mol. The summed E-state index contributed by atoms with van der Waals surface area (Å²) in [7, 11) is 0. The molecule has 0 unspecified atom stereocenters. The molecule has 0 bridgehead atoms. The molecule has 1 saturated heterocycles. The first kappa shape index (κ1) is 20.5. The fourth-order valence-electron chi connectivity index (χ4n) is 3.93. The quantitative estimate of drug-likeness (QED) is 0.607. The van der Waals surface area contributed by atoms with E-state index in [9.17, 15) is 4.79 Å². The maximum Gasteiger partial charge on any atom is 0.266 e. The van der Waals surface area contributed by atoms with Gasteiger partial charge < -0.3 is 4.52 Å². The van der Waals surface area contributed by atoms with Crippen LogP contribution in [0, 0.1) is 27.7 Å². The standard InChI is InChI=1S/C21H29N7O2/c1-15-13-16(2)28(22-15)20-5-6-21(29)27(23-20)12-11-25-7-9-26(10-8-25)14-19-17(3)24-30-18(19)4/h5-6,13H,7-12,14H2,1-4H3. The summed E-state index contributed by atoms with van der Waals surface area (Å²) in [6.45, 7) is 14.0. The zero-order valence-corrected chi connectivity index (χ0v) is 18.1. The molecule has 9 heteroatoms. The molecule has 1 aliphatic rings. The summed E-state index contributed by atoms with van der Waals surface area (Å²) in [5, 5.41) is 13.0. The van der Waals surface area contributed by atoms with Gasteiger partial charge in [0.05, 0.1) is 17.9 Å². The zero-order chi connectivity index (χ0) is 21.3. The van der Waals surface area contributed by atoms with Crippen LogP contribution in [-0.4, -0.2) is 67.2 Å². The zero-order valence-electron chi connectivity index (χ0n) is 18.1. The Labute approximate surface area is 175 Å². The molecule has 3 aromatic heterocycles. The molecule has 30 heavy (non-hydrogen) atoms. The van der Waals surface area contributed by atoms with Gasteiger partial charge in [0.15, 0.2) is 5.82 Å². The predicted molar refractivity (Wildman–Crippen MR) is 113 cm³/mol. The average molecular weight is 412 g/mol. The lowest BCUT2D eigenvalue weighted by atomic mass is 10.2. The van der Waals surface area contributed by atoms with Crippen molar-refractivity contribution in [2.45, 2.75) is 40.8 Å². The van der Waals surface area contributed by atoms with Crippen molar-refractivity contribution in [1.29, 1.82) is 0 Å². The summed E-state index contributed by atoms with van der Waals surface area (Å²) < 4.78 is 8.59. The molecule has 1 aliphatic heterocycles. The molecule has 3 aromatic rings. The van der Waals surface area contributed by atoms with E-state index in [1.807, 2.05) is 33.8 Å². The van der Waals surface area contributed by atoms with E-state index < -0.39 is 0 Å². The number of aromatic nitrogens is 5. The lowest BCUT2D eigenvalue weighted by Gasteiger charge is -2.34. The first-order valence-corrected chi connectivity index (χ1v) is 10.4. The molecule has 4 rings (SSSR count). The third-order valence-electron chi connectivity index (χ3n) is 5.74. The molecule has 0 atom stereocenters. The minimum atomic E-state index is -0.0858. The van der Waals surface area contributed by atoms with Crippen molar-refractivity contribution in [3.05, 3.63) is 57.0 Å². The van der Waals surface area contributed by atoms with Crippen LogP contribution in [0.5, 0.6) is 0 Å². The van der Waals surface area contributed by atoms with E-state index >= 15 is 0 Å². The van der Waals surface area contributed by atoms with Gasteiger partial charge in [-0.05, 0) is 39.8 Å². The van der Waals surface area contributed by atoms with E-state index in [0.717, 1.165) is 62.1 Å². The number of aryl methyl sites for hydroxylation is 4. The maximum atomic E-state index is 12.3. The molecule has 0 aromatic carbocycles. The highest BCUT2D eigenvalue weighted by Gasteiger charge is 2.20. The molecular weight excluding hydrogens is 382 g/mol. The topological polar surface area (TPSA) is 85.2 Å². The maximum absolute atomic E-state index is 12.3. The molecule has 0 N–H and O–H groups in total. The first-order valence-electron chi connectivity index (χ1n) is 10.4. The third-order valence-corrected chi connectivity index (χ3v) is 5.74. The predicted octanol–water partition coefficient (Wildman–Crippen LogP) is 1.47. The summed E-state index contributed by atoms with van der Waals surface area (Å²) in [6.07, 6.45) is 0. The van der Waals surface area contributed by atoms with E-state index in [2.05, 4.69) is 25.2 Å². The minimum Gasteiger partial charge on any atom is -0.361 e. The Morgan fingerprint density at radius 1 is 0.967 bits per heavy atom. The summed E-state index contributed by atoms with van der Waals surface area (Å²) in [5.74, 6) is 1.58. The SMILES string of the molecule is Cc1cc(C)n(-c2ccc(=O)n(CCN3CCN(Cc4c(C)noc4C)CC3)n2)n1. The van der Waals surface area contributed by atoms with Gasteiger partial charge in [-0.15, -0.1) is 5.10 Å². The summed E-state index contributed by atoms with van der Waals surface area (Å²) >= 11 is 0. The van der Waals surface area contributed by atoms with Gasteiger partial charge in [-0.2, -0.15) is 5.10 Å². The van der Waals surface area contributed by atoms with Crippen LogP contribution in [0.15, 0.2) is 27.5 Å². The van der Waals surface area contributed by atoms with E-state index in [1.165, 1.54) is 5.56 Å². The van der Waals surface area contributed by atoms with Gasteiger partial charge in [0, 0.05) is 56.6 Å². The van der Waals surface area contributed by atoms with Crippen molar-refractivity contribution >= 4 is 0 Å². The van der Waals surface area contributed by atoms with Gasteiger partial charge in [0.25, 0.3) is 5.56 Å². The molecule has 1 fully saturated rings. The van der Waals surface area contributed by atoms with Crippen LogP contribution < -0.4 is 5.56 Å². The van der Waals surface area contributed by atoms with E-state index in [0.29, 0.717) is 12.4 Å². The van der Waals surface area contributed by atoms with Crippen molar-refractivity contribution in [2.75, 3.05) is 32.7 Å². The smallest absolute Gasteiger partial charge is 0.266 e. The largest absolute Gasteiger partial charge is 0.361 e. The van der Waals surface area contributed by atoms with Crippen LogP contribution in [0.3, 0.4) is 0 Å². The Hall–Kier alpha value is -2.78. The van der Waals surface area contributed by atoms with Gasteiger partial charge in [-0.25, -0.2) is 9.36 Å². The number of nitrogens with zero attached hydrogens (tertiary/aromatic N) is 7. The Morgan fingerprint density at radius 3 is 2.33 bits per heavy atom. The second-order valence-corrected chi connectivity index (χ2v) is 8.01. The molecule has 0 spiro atoms. The van der Waals surface area contributed by atoms with E-state index in [4.69, 9.17) is 4.52 Å². The number of piperazine rings is 1. The Balaban J connectivity index is 1.34. The second kappa shape index (κ2) is 8.53. The van der Waals surface area contributed by atoms with Crippen molar-refractivity contribution in [3.8, 4) is 5.82 Å². The van der Waals surface area contributed by atoms with Crippen LogP contribution in [0.2, 0.25) is 0 Å². The van der Waals surface area contributed by atoms with Crippen molar-refractivity contribution in [1.82, 2.24) is 34.5 Å². The molecule has 9 nitrogen and oxygen atoms in total. The Morgan fingerprint density at radius 2 is 1.70 bits per heavy atom.